The van der Waals surface area contributed by atoms with E-state index in [9.17, 15) is 15.0 Å². The number of aromatic hydroxyl groups is 2. The molecule has 104 valence electrons. The van der Waals surface area contributed by atoms with Crippen molar-refractivity contribution in [3.8, 4) is 11.5 Å². The molecule has 2 unspecified atom stereocenters. The minimum Gasteiger partial charge on any atom is -0.508 e. The summed E-state index contributed by atoms with van der Waals surface area (Å²) in [5.41, 5.74) is 0.199. The van der Waals surface area contributed by atoms with Gasteiger partial charge in [0.2, 0.25) is 0 Å². The molecule has 0 radical (unpaired) electrons. The zero-order valence-corrected chi connectivity index (χ0v) is 11.3. The molecule has 2 rings (SSSR count). The molecule has 5 heteroatoms. The Hall–Kier alpha value is -1.75. The predicted molar refractivity (Wildman–Crippen MR) is 72.4 cm³/mol. The zero-order valence-electron chi connectivity index (χ0n) is 11.3. The van der Waals surface area contributed by atoms with Crippen LogP contribution >= 0.6 is 0 Å². The first-order valence-electron chi connectivity index (χ1n) is 6.50. The average Bonchev–Trinajstić information content (AvgIpc) is 2.33. The van der Waals surface area contributed by atoms with Gasteiger partial charge in [-0.25, -0.2) is 0 Å². The maximum Gasteiger partial charge on any atom is 0.255 e. The number of piperidine rings is 1. The highest BCUT2D eigenvalue weighted by molar-refractivity contribution is 5.97. The minimum atomic E-state index is -0.292. The Balaban J connectivity index is 2.01. The number of nitrogens with zero attached hydrogens (tertiary/aromatic N) is 1. The number of benzene rings is 1. The molecular weight excluding hydrogens is 244 g/mol. The fourth-order valence-electron chi connectivity index (χ4n) is 2.40. The van der Waals surface area contributed by atoms with Crippen molar-refractivity contribution < 1.29 is 15.0 Å². The number of phenols is 2. The quantitative estimate of drug-likeness (QED) is 0.753. The normalized spacial score (nSPS) is 24.1. The second-order valence-corrected chi connectivity index (χ2v) is 5.23. The molecule has 1 aliphatic rings. The molecule has 3 N–H and O–H groups in total. The van der Waals surface area contributed by atoms with Crippen molar-refractivity contribution in [1.82, 2.24) is 10.2 Å². The first-order chi connectivity index (χ1) is 8.97. The molecule has 1 heterocycles. The van der Waals surface area contributed by atoms with E-state index in [2.05, 4.69) is 24.2 Å². The summed E-state index contributed by atoms with van der Waals surface area (Å²) in [5, 5.41) is 21.8. The van der Waals surface area contributed by atoms with Gasteiger partial charge in [-0.1, -0.05) is 0 Å². The first-order valence-corrected chi connectivity index (χ1v) is 6.50. The van der Waals surface area contributed by atoms with Gasteiger partial charge in [0.1, 0.15) is 11.5 Å². The number of phenolic OH excluding ortho intramolecular Hbond substituents is 2. The van der Waals surface area contributed by atoms with Gasteiger partial charge in [0, 0.05) is 24.7 Å². The van der Waals surface area contributed by atoms with Crippen LogP contribution in [-0.2, 0) is 0 Å². The topological polar surface area (TPSA) is 72.8 Å². The van der Waals surface area contributed by atoms with Gasteiger partial charge >= 0.3 is 0 Å². The number of amides is 1. The predicted octanol–water partition coefficient (Wildman–Crippen LogP) is 1.31. The van der Waals surface area contributed by atoms with Crippen molar-refractivity contribution in [1.29, 1.82) is 0 Å². The van der Waals surface area contributed by atoms with Crippen LogP contribution in [0.4, 0.5) is 0 Å². The molecule has 1 saturated heterocycles. The fourth-order valence-corrected chi connectivity index (χ4v) is 2.40. The molecule has 2 atom stereocenters. The highest BCUT2D eigenvalue weighted by Crippen LogP contribution is 2.23. The molecule has 1 amide bonds. The van der Waals surface area contributed by atoms with Gasteiger partial charge in [-0.15, -0.1) is 0 Å². The Labute approximate surface area is 112 Å². The van der Waals surface area contributed by atoms with Crippen LogP contribution in [0.2, 0.25) is 0 Å². The van der Waals surface area contributed by atoms with E-state index in [0.717, 1.165) is 19.4 Å². The molecule has 1 aromatic carbocycles. The second-order valence-electron chi connectivity index (χ2n) is 5.23. The van der Waals surface area contributed by atoms with Gasteiger partial charge in [-0.2, -0.15) is 0 Å². The maximum atomic E-state index is 12.1. The number of nitrogens with one attached hydrogen (secondary N) is 1. The van der Waals surface area contributed by atoms with Crippen molar-refractivity contribution in [2.24, 2.45) is 0 Å². The summed E-state index contributed by atoms with van der Waals surface area (Å²) in [7, 11) is 2.08. The largest absolute Gasteiger partial charge is 0.508 e. The molecular formula is C14H20N2O3. The standard InChI is InChI=1S/C14H20N2O3/c1-9-7-10(5-6-16(9)2)15-14(19)12-4-3-11(17)8-13(12)18/h3-4,8-10,17-18H,5-7H2,1-2H3,(H,15,19). The van der Waals surface area contributed by atoms with Crippen LogP contribution < -0.4 is 5.32 Å². The van der Waals surface area contributed by atoms with Crippen molar-refractivity contribution in [3.63, 3.8) is 0 Å². The van der Waals surface area contributed by atoms with Gasteiger partial charge < -0.3 is 20.4 Å². The van der Waals surface area contributed by atoms with Crippen LogP contribution in [-0.4, -0.2) is 46.7 Å². The highest BCUT2D eigenvalue weighted by Gasteiger charge is 2.24. The summed E-state index contributed by atoms with van der Waals surface area (Å²) >= 11 is 0. The van der Waals surface area contributed by atoms with E-state index in [0.29, 0.717) is 6.04 Å². The van der Waals surface area contributed by atoms with Crippen molar-refractivity contribution >= 4 is 5.91 Å². The Morgan fingerprint density at radius 3 is 2.79 bits per heavy atom. The zero-order chi connectivity index (χ0) is 14.0. The third-order valence-corrected chi connectivity index (χ3v) is 3.77. The van der Waals surface area contributed by atoms with E-state index in [1.54, 1.807) is 0 Å². The number of hydrogen-bond donors (Lipinski definition) is 3. The summed E-state index contributed by atoms with van der Waals surface area (Å²) in [6.07, 6.45) is 1.81. The number of likely N-dealkylation sites (tertiary alicyclic amines) is 1. The lowest BCUT2D eigenvalue weighted by atomic mass is 9.98. The molecule has 0 bridgehead atoms. The lowest BCUT2D eigenvalue weighted by molar-refractivity contribution is 0.0894. The van der Waals surface area contributed by atoms with E-state index in [-0.39, 0.29) is 29.0 Å². The van der Waals surface area contributed by atoms with Crippen LogP contribution in [0, 0.1) is 0 Å². The second kappa shape index (κ2) is 5.48. The highest BCUT2D eigenvalue weighted by atomic mass is 16.3. The molecule has 0 spiro atoms. The molecule has 0 aliphatic carbocycles. The van der Waals surface area contributed by atoms with Gasteiger partial charge in [-0.3, -0.25) is 4.79 Å². The van der Waals surface area contributed by atoms with Gasteiger partial charge in [0.15, 0.2) is 0 Å². The van der Waals surface area contributed by atoms with Crippen LogP contribution in [0.25, 0.3) is 0 Å². The van der Waals surface area contributed by atoms with E-state index < -0.39 is 0 Å². The number of carbonyl (C=O) groups excluding carboxylic acids is 1. The van der Waals surface area contributed by atoms with Crippen LogP contribution in [0.5, 0.6) is 11.5 Å². The van der Waals surface area contributed by atoms with Crippen molar-refractivity contribution in [3.05, 3.63) is 23.8 Å². The van der Waals surface area contributed by atoms with Crippen LogP contribution in [0.15, 0.2) is 18.2 Å². The summed E-state index contributed by atoms with van der Waals surface area (Å²) in [6, 6.07) is 4.57. The molecule has 1 aromatic rings. The Morgan fingerprint density at radius 1 is 1.42 bits per heavy atom. The smallest absolute Gasteiger partial charge is 0.255 e. The van der Waals surface area contributed by atoms with Crippen LogP contribution in [0.3, 0.4) is 0 Å². The van der Waals surface area contributed by atoms with E-state index >= 15 is 0 Å². The molecule has 5 nitrogen and oxygen atoms in total. The maximum absolute atomic E-state index is 12.1. The average molecular weight is 264 g/mol. The Bertz CT molecular complexity index is 476. The number of carbonyl (C=O) groups is 1. The molecule has 0 aromatic heterocycles. The summed E-state index contributed by atoms with van der Waals surface area (Å²) < 4.78 is 0. The van der Waals surface area contributed by atoms with Gasteiger partial charge in [0.05, 0.1) is 5.56 Å². The molecule has 1 fully saturated rings. The number of rotatable bonds is 2. The van der Waals surface area contributed by atoms with Crippen molar-refractivity contribution in [2.45, 2.75) is 31.8 Å². The van der Waals surface area contributed by atoms with Crippen LogP contribution in [0.1, 0.15) is 30.1 Å². The van der Waals surface area contributed by atoms with E-state index in [1.165, 1.54) is 18.2 Å². The summed E-state index contributed by atoms with van der Waals surface area (Å²) in [4.78, 5) is 14.3. The Morgan fingerprint density at radius 2 is 2.16 bits per heavy atom. The van der Waals surface area contributed by atoms with Crippen molar-refractivity contribution in [2.75, 3.05) is 13.6 Å². The first kappa shape index (κ1) is 13.7. The summed E-state index contributed by atoms with van der Waals surface area (Å²) in [6.45, 7) is 3.09. The lowest BCUT2D eigenvalue weighted by Crippen LogP contribution is -2.47. The lowest BCUT2D eigenvalue weighted by Gasteiger charge is -2.35. The third kappa shape index (κ3) is 3.17. The monoisotopic (exact) mass is 264 g/mol. The van der Waals surface area contributed by atoms with Gasteiger partial charge in [0.25, 0.3) is 5.91 Å². The van der Waals surface area contributed by atoms with E-state index in [1.807, 2.05) is 0 Å². The van der Waals surface area contributed by atoms with Gasteiger partial charge in [-0.05, 0) is 38.9 Å². The molecule has 0 saturated carbocycles. The SMILES string of the molecule is CC1CC(NC(=O)c2ccc(O)cc2O)CCN1C. The minimum absolute atomic E-state index is 0.0537. The molecule has 19 heavy (non-hydrogen) atoms. The Kier molecular flexibility index (Phi) is 3.95. The summed E-state index contributed by atoms with van der Waals surface area (Å²) in [5.74, 6) is -0.542. The fraction of sp³-hybridized carbons (Fsp3) is 0.500. The third-order valence-electron chi connectivity index (χ3n) is 3.77. The van der Waals surface area contributed by atoms with E-state index in [4.69, 9.17) is 0 Å². The molecule has 1 aliphatic heterocycles. The number of hydrogen-bond acceptors (Lipinski definition) is 4.